The van der Waals surface area contributed by atoms with Crippen LogP contribution in [0.25, 0.3) is 10.9 Å². The van der Waals surface area contributed by atoms with Crippen molar-refractivity contribution in [2.75, 3.05) is 20.2 Å². The molecule has 4 rings (SSSR count). The summed E-state index contributed by atoms with van der Waals surface area (Å²) in [5.74, 6) is 0.865. The summed E-state index contributed by atoms with van der Waals surface area (Å²) in [6.07, 6.45) is 4.35. The number of nitrogens with one attached hydrogen (secondary N) is 1. The molecule has 3 aromatic rings. The first-order valence-electron chi connectivity index (χ1n) is 9.25. The highest BCUT2D eigenvalue weighted by atomic mass is 16.6. The van der Waals surface area contributed by atoms with Crippen molar-refractivity contribution in [2.24, 2.45) is 0 Å². The van der Waals surface area contributed by atoms with Gasteiger partial charge in [-0.25, -0.2) is 0 Å². The molecular weight excluding hydrogens is 342 g/mol. The standard InChI is InChI=1S/C21H23N3O3/c1-27-21-7-6-15(12-20(21)24(25)26)14-23-10-8-16(9-11-23)18-13-22-19-5-3-2-4-17(18)19/h2-7,12-13,16,22H,8-11,14H2,1H3. The summed E-state index contributed by atoms with van der Waals surface area (Å²) in [6.45, 7) is 2.71. The molecule has 27 heavy (non-hydrogen) atoms. The van der Waals surface area contributed by atoms with Crippen LogP contribution in [-0.2, 0) is 6.54 Å². The number of H-pyrrole nitrogens is 1. The number of likely N-dealkylation sites (tertiary alicyclic amines) is 1. The van der Waals surface area contributed by atoms with E-state index in [-0.39, 0.29) is 10.6 Å². The number of hydrogen-bond acceptors (Lipinski definition) is 4. The summed E-state index contributed by atoms with van der Waals surface area (Å²) in [7, 11) is 1.46. The van der Waals surface area contributed by atoms with Gasteiger partial charge in [0.2, 0.25) is 0 Å². The van der Waals surface area contributed by atoms with E-state index in [1.165, 1.54) is 23.6 Å². The number of para-hydroxylation sites is 1. The fourth-order valence-corrected chi connectivity index (χ4v) is 4.07. The van der Waals surface area contributed by atoms with E-state index in [0.29, 0.717) is 11.7 Å². The molecule has 0 radical (unpaired) electrons. The quantitative estimate of drug-likeness (QED) is 0.535. The Bertz CT molecular complexity index is 958. The lowest BCUT2D eigenvalue weighted by atomic mass is 9.89. The van der Waals surface area contributed by atoms with Crippen LogP contribution < -0.4 is 4.74 Å². The Morgan fingerprint density at radius 1 is 1.22 bits per heavy atom. The van der Waals surface area contributed by atoms with E-state index in [2.05, 4.69) is 40.3 Å². The van der Waals surface area contributed by atoms with Gasteiger partial charge in [-0.2, -0.15) is 0 Å². The number of benzene rings is 2. The minimum Gasteiger partial charge on any atom is -0.490 e. The Morgan fingerprint density at radius 2 is 2.00 bits per heavy atom. The number of hydrogen-bond donors (Lipinski definition) is 1. The van der Waals surface area contributed by atoms with Gasteiger partial charge in [0.1, 0.15) is 0 Å². The molecule has 0 amide bonds. The molecule has 0 unspecified atom stereocenters. The minimum atomic E-state index is -0.383. The van der Waals surface area contributed by atoms with Crippen molar-refractivity contribution in [3.63, 3.8) is 0 Å². The van der Waals surface area contributed by atoms with Crippen LogP contribution in [0.3, 0.4) is 0 Å². The molecule has 0 saturated carbocycles. The lowest BCUT2D eigenvalue weighted by Gasteiger charge is -2.32. The summed E-state index contributed by atoms with van der Waals surface area (Å²) in [4.78, 5) is 16.6. The number of fused-ring (bicyclic) bond motifs is 1. The van der Waals surface area contributed by atoms with E-state index in [0.717, 1.165) is 38.0 Å². The largest absolute Gasteiger partial charge is 0.490 e. The normalized spacial score (nSPS) is 15.9. The zero-order chi connectivity index (χ0) is 18.8. The first kappa shape index (κ1) is 17.5. The molecular formula is C21H23N3O3. The maximum absolute atomic E-state index is 11.2. The Labute approximate surface area is 157 Å². The molecule has 1 aliphatic rings. The average Bonchev–Trinajstić information content (AvgIpc) is 3.12. The number of aromatic amines is 1. The van der Waals surface area contributed by atoms with Gasteiger partial charge in [-0.05, 0) is 55.1 Å². The number of rotatable bonds is 5. The Kier molecular flexibility index (Phi) is 4.81. The summed E-state index contributed by atoms with van der Waals surface area (Å²) in [5.41, 5.74) is 3.59. The summed E-state index contributed by atoms with van der Waals surface area (Å²) in [5, 5.41) is 12.5. The van der Waals surface area contributed by atoms with Crippen molar-refractivity contribution in [3.8, 4) is 5.75 Å². The third-order valence-corrected chi connectivity index (χ3v) is 5.49. The van der Waals surface area contributed by atoms with Gasteiger partial charge in [-0.3, -0.25) is 15.0 Å². The van der Waals surface area contributed by atoms with Gasteiger partial charge in [-0.15, -0.1) is 0 Å². The molecule has 2 heterocycles. The highest BCUT2D eigenvalue weighted by Gasteiger charge is 2.23. The second-order valence-corrected chi connectivity index (χ2v) is 7.10. The van der Waals surface area contributed by atoms with E-state index >= 15 is 0 Å². The van der Waals surface area contributed by atoms with E-state index in [4.69, 9.17) is 4.74 Å². The van der Waals surface area contributed by atoms with Crippen LogP contribution in [0.2, 0.25) is 0 Å². The number of aromatic nitrogens is 1. The SMILES string of the molecule is COc1ccc(CN2CCC(c3c[nH]c4ccccc34)CC2)cc1[N+](=O)[O-]. The maximum Gasteiger partial charge on any atom is 0.311 e. The van der Waals surface area contributed by atoms with Crippen molar-refractivity contribution < 1.29 is 9.66 Å². The van der Waals surface area contributed by atoms with Crippen LogP contribution in [-0.4, -0.2) is 35.0 Å². The summed E-state index contributed by atoms with van der Waals surface area (Å²) >= 11 is 0. The van der Waals surface area contributed by atoms with Crippen molar-refractivity contribution in [3.05, 3.63) is 69.9 Å². The highest BCUT2D eigenvalue weighted by Crippen LogP contribution is 2.34. The fourth-order valence-electron chi connectivity index (χ4n) is 4.07. The number of ether oxygens (including phenoxy) is 1. The van der Waals surface area contributed by atoms with E-state index in [1.807, 2.05) is 6.07 Å². The van der Waals surface area contributed by atoms with Crippen LogP contribution >= 0.6 is 0 Å². The second-order valence-electron chi connectivity index (χ2n) is 7.10. The van der Waals surface area contributed by atoms with Crippen LogP contribution in [0.1, 0.15) is 29.9 Å². The van der Waals surface area contributed by atoms with E-state index in [9.17, 15) is 10.1 Å². The van der Waals surface area contributed by atoms with Crippen molar-refractivity contribution in [1.29, 1.82) is 0 Å². The number of nitro benzene ring substituents is 1. The number of piperidine rings is 1. The molecule has 6 heteroatoms. The molecule has 0 atom stereocenters. The lowest BCUT2D eigenvalue weighted by Crippen LogP contribution is -2.32. The first-order chi connectivity index (χ1) is 13.2. The topological polar surface area (TPSA) is 71.4 Å². The van der Waals surface area contributed by atoms with Gasteiger partial charge in [0.15, 0.2) is 5.75 Å². The molecule has 1 fully saturated rings. The van der Waals surface area contributed by atoms with Crippen LogP contribution in [0.4, 0.5) is 5.69 Å². The molecule has 2 aromatic carbocycles. The van der Waals surface area contributed by atoms with Crippen molar-refractivity contribution in [1.82, 2.24) is 9.88 Å². The van der Waals surface area contributed by atoms with Gasteiger partial charge < -0.3 is 9.72 Å². The third-order valence-electron chi connectivity index (χ3n) is 5.49. The predicted octanol–water partition coefficient (Wildman–Crippen LogP) is 4.46. The Hall–Kier alpha value is -2.86. The molecule has 140 valence electrons. The predicted molar refractivity (Wildman–Crippen MR) is 105 cm³/mol. The molecule has 0 spiro atoms. The van der Waals surface area contributed by atoms with Gasteiger partial charge in [0.25, 0.3) is 0 Å². The fraction of sp³-hybridized carbons (Fsp3) is 0.333. The minimum absolute atomic E-state index is 0.0312. The van der Waals surface area contributed by atoms with E-state index in [1.54, 1.807) is 12.1 Å². The van der Waals surface area contributed by atoms with Crippen molar-refractivity contribution in [2.45, 2.75) is 25.3 Å². The molecule has 1 N–H and O–H groups in total. The Balaban J connectivity index is 1.43. The van der Waals surface area contributed by atoms with Gasteiger partial charge in [0.05, 0.1) is 12.0 Å². The average molecular weight is 365 g/mol. The van der Waals surface area contributed by atoms with E-state index < -0.39 is 0 Å². The van der Waals surface area contributed by atoms with Crippen LogP contribution in [0.5, 0.6) is 5.75 Å². The van der Waals surface area contributed by atoms with Gasteiger partial charge in [-0.1, -0.05) is 24.3 Å². The second kappa shape index (κ2) is 7.40. The molecule has 1 aromatic heterocycles. The molecule has 0 aliphatic carbocycles. The smallest absolute Gasteiger partial charge is 0.311 e. The number of nitro groups is 1. The lowest BCUT2D eigenvalue weighted by molar-refractivity contribution is -0.385. The third kappa shape index (κ3) is 3.53. The number of nitrogens with zero attached hydrogens (tertiary/aromatic N) is 2. The maximum atomic E-state index is 11.2. The summed E-state index contributed by atoms with van der Waals surface area (Å²) < 4.78 is 5.08. The molecule has 0 bridgehead atoms. The van der Waals surface area contributed by atoms with Gasteiger partial charge in [0, 0.05) is 29.7 Å². The first-order valence-corrected chi connectivity index (χ1v) is 9.25. The number of methoxy groups -OCH3 is 1. The summed E-state index contributed by atoms with van der Waals surface area (Å²) in [6, 6.07) is 13.7. The zero-order valence-corrected chi connectivity index (χ0v) is 15.4. The van der Waals surface area contributed by atoms with Crippen LogP contribution in [0, 0.1) is 10.1 Å². The molecule has 6 nitrogen and oxygen atoms in total. The highest BCUT2D eigenvalue weighted by molar-refractivity contribution is 5.83. The van der Waals surface area contributed by atoms with Gasteiger partial charge >= 0.3 is 5.69 Å². The monoisotopic (exact) mass is 365 g/mol. The molecule has 1 saturated heterocycles. The van der Waals surface area contributed by atoms with Crippen molar-refractivity contribution >= 4 is 16.6 Å². The van der Waals surface area contributed by atoms with Crippen LogP contribution in [0.15, 0.2) is 48.7 Å². The molecule has 1 aliphatic heterocycles. The Morgan fingerprint density at radius 3 is 2.74 bits per heavy atom. The zero-order valence-electron chi connectivity index (χ0n) is 15.4.